The summed E-state index contributed by atoms with van der Waals surface area (Å²) in [6.07, 6.45) is 1.71. The van der Waals surface area contributed by atoms with Crippen molar-refractivity contribution in [3.05, 3.63) is 52.1 Å². The molecule has 0 amide bonds. The number of rotatable bonds is 5. The highest BCUT2D eigenvalue weighted by Gasteiger charge is 2.18. The van der Waals surface area contributed by atoms with Crippen LogP contribution in [0.15, 0.2) is 39.5 Å². The fraction of sp³-hybridized carbons (Fsp3) is 0.267. The standard InChI is InChI=1S/C15H13BrN2O3/c1-10-14(18-9-21-10)15(19)20-8-12(7-17)6-11-2-4-13(16)5-3-11/h2-5,9,12H,6,8H2,1H3. The molecular formula is C15H13BrN2O3. The van der Waals surface area contributed by atoms with Crippen molar-refractivity contribution in [1.29, 1.82) is 5.26 Å². The molecule has 1 unspecified atom stereocenters. The molecule has 1 heterocycles. The van der Waals surface area contributed by atoms with E-state index in [0.29, 0.717) is 12.2 Å². The number of hydrogen-bond donors (Lipinski definition) is 0. The van der Waals surface area contributed by atoms with E-state index in [1.807, 2.05) is 24.3 Å². The minimum absolute atomic E-state index is 0.0255. The summed E-state index contributed by atoms with van der Waals surface area (Å²) < 4.78 is 11.0. The molecule has 5 nitrogen and oxygen atoms in total. The predicted molar refractivity (Wildman–Crippen MR) is 78.5 cm³/mol. The van der Waals surface area contributed by atoms with Crippen molar-refractivity contribution in [3.63, 3.8) is 0 Å². The number of ether oxygens (including phenoxy) is 1. The first-order valence-corrected chi connectivity index (χ1v) is 7.10. The smallest absolute Gasteiger partial charge is 0.360 e. The van der Waals surface area contributed by atoms with Crippen molar-refractivity contribution >= 4 is 21.9 Å². The first kappa shape index (κ1) is 15.3. The highest BCUT2D eigenvalue weighted by atomic mass is 79.9. The molecular weight excluding hydrogens is 336 g/mol. The quantitative estimate of drug-likeness (QED) is 0.775. The summed E-state index contributed by atoms with van der Waals surface area (Å²) in [5.41, 5.74) is 1.16. The number of nitriles is 1. The first-order chi connectivity index (χ1) is 10.1. The maximum atomic E-state index is 11.8. The van der Waals surface area contributed by atoms with Gasteiger partial charge >= 0.3 is 5.97 Å². The Hall–Kier alpha value is -2.13. The molecule has 0 aliphatic carbocycles. The molecule has 0 radical (unpaired) electrons. The SMILES string of the molecule is Cc1ocnc1C(=O)OCC(C#N)Cc1ccc(Br)cc1. The van der Waals surface area contributed by atoms with Gasteiger partial charge in [0.05, 0.1) is 12.0 Å². The van der Waals surface area contributed by atoms with Crippen LogP contribution in [0.3, 0.4) is 0 Å². The molecule has 108 valence electrons. The summed E-state index contributed by atoms with van der Waals surface area (Å²) in [4.78, 5) is 15.6. The second-order valence-corrected chi connectivity index (χ2v) is 5.43. The third-order valence-electron chi connectivity index (χ3n) is 2.93. The van der Waals surface area contributed by atoms with E-state index in [9.17, 15) is 4.79 Å². The molecule has 0 saturated heterocycles. The van der Waals surface area contributed by atoms with Gasteiger partial charge in [-0.25, -0.2) is 9.78 Å². The average molecular weight is 349 g/mol. The van der Waals surface area contributed by atoms with E-state index in [2.05, 4.69) is 27.0 Å². The van der Waals surface area contributed by atoms with Crippen LogP contribution in [0.5, 0.6) is 0 Å². The molecule has 0 aliphatic heterocycles. The zero-order valence-corrected chi connectivity index (χ0v) is 13.0. The van der Waals surface area contributed by atoms with E-state index in [1.165, 1.54) is 6.39 Å². The Labute approximate surface area is 130 Å². The number of esters is 1. The van der Waals surface area contributed by atoms with Gasteiger partial charge in [0, 0.05) is 4.47 Å². The largest absolute Gasteiger partial charge is 0.459 e. The zero-order chi connectivity index (χ0) is 15.2. The highest BCUT2D eigenvalue weighted by Crippen LogP contribution is 2.15. The van der Waals surface area contributed by atoms with Gasteiger partial charge < -0.3 is 9.15 Å². The van der Waals surface area contributed by atoms with E-state index in [1.54, 1.807) is 6.92 Å². The Bertz CT molecular complexity index is 658. The van der Waals surface area contributed by atoms with E-state index in [-0.39, 0.29) is 12.3 Å². The third-order valence-corrected chi connectivity index (χ3v) is 3.46. The van der Waals surface area contributed by atoms with Crippen LogP contribution >= 0.6 is 15.9 Å². The third kappa shape index (κ3) is 4.17. The number of aryl methyl sites for hydroxylation is 1. The Morgan fingerprint density at radius 1 is 1.48 bits per heavy atom. The van der Waals surface area contributed by atoms with Crippen molar-refractivity contribution in [3.8, 4) is 6.07 Å². The van der Waals surface area contributed by atoms with Crippen LogP contribution in [0.1, 0.15) is 21.8 Å². The number of aromatic nitrogens is 1. The summed E-state index contributed by atoms with van der Waals surface area (Å²) in [6.45, 7) is 1.66. The lowest BCUT2D eigenvalue weighted by Gasteiger charge is -2.09. The molecule has 2 aromatic rings. The molecule has 0 N–H and O–H groups in total. The number of nitrogens with zero attached hydrogens (tertiary/aromatic N) is 2. The second-order valence-electron chi connectivity index (χ2n) is 4.51. The summed E-state index contributed by atoms with van der Waals surface area (Å²) in [5.74, 6) is -0.568. The van der Waals surface area contributed by atoms with Gasteiger partial charge in [-0.15, -0.1) is 0 Å². The number of carbonyl (C=O) groups excluding carboxylic acids is 1. The summed E-state index contributed by atoms with van der Waals surface area (Å²) in [7, 11) is 0. The molecule has 1 aromatic heterocycles. The maximum Gasteiger partial charge on any atom is 0.360 e. The van der Waals surface area contributed by atoms with Crippen molar-refractivity contribution in [2.24, 2.45) is 5.92 Å². The monoisotopic (exact) mass is 348 g/mol. The minimum atomic E-state index is -0.572. The van der Waals surface area contributed by atoms with Crippen LogP contribution in [-0.4, -0.2) is 17.6 Å². The van der Waals surface area contributed by atoms with Gasteiger partial charge in [-0.3, -0.25) is 0 Å². The number of carbonyl (C=O) groups is 1. The van der Waals surface area contributed by atoms with Gasteiger partial charge in [-0.1, -0.05) is 28.1 Å². The van der Waals surface area contributed by atoms with Gasteiger partial charge in [-0.05, 0) is 31.0 Å². The molecule has 1 aromatic carbocycles. The van der Waals surface area contributed by atoms with E-state index >= 15 is 0 Å². The summed E-state index contributed by atoms with van der Waals surface area (Å²) in [5, 5.41) is 9.16. The highest BCUT2D eigenvalue weighted by molar-refractivity contribution is 9.10. The lowest BCUT2D eigenvalue weighted by atomic mass is 10.0. The van der Waals surface area contributed by atoms with Crippen LogP contribution in [0.4, 0.5) is 0 Å². The molecule has 0 bridgehead atoms. The number of benzene rings is 1. The minimum Gasteiger partial charge on any atom is -0.459 e. The molecule has 0 fully saturated rings. The Morgan fingerprint density at radius 3 is 2.76 bits per heavy atom. The lowest BCUT2D eigenvalue weighted by molar-refractivity contribution is 0.0460. The lowest BCUT2D eigenvalue weighted by Crippen LogP contribution is -2.16. The second kappa shape index (κ2) is 7.04. The van der Waals surface area contributed by atoms with Crippen LogP contribution in [0.25, 0.3) is 0 Å². The molecule has 6 heteroatoms. The zero-order valence-electron chi connectivity index (χ0n) is 11.4. The summed E-state index contributed by atoms with van der Waals surface area (Å²) in [6, 6.07) is 9.83. The van der Waals surface area contributed by atoms with Crippen molar-refractivity contribution < 1.29 is 13.9 Å². The van der Waals surface area contributed by atoms with Crippen LogP contribution in [-0.2, 0) is 11.2 Å². The van der Waals surface area contributed by atoms with Crippen molar-refractivity contribution in [1.82, 2.24) is 4.98 Å². The average Bonchev–Trinajstić information content (AvgIpc) is 2.91. The predicted octanol–water partition coefficient (Wildman–Crippen LogP) is 3.28. The molecule has 21 heavy (non-hydrogen) atoms. The van der Waals surface area contributed by atoms with E-state index in [0.717, 1.165) is 10.0 Å². The Kier molecular flexibility index (Phi) is 5.12. The topological polar surface area (TPSA) is 76.1 Å². The van der Waals surface area contributed by atoms with E-state index < -0.39 is 11.9 Å². The van der Waals surface area contributed by atoms with Gasteiger partial charge in [0.25, 0.3) is 0 Å². The van der Waals surface area contributed by atoms with Crippen LogP contribution in [0.2, 0.25) is 0 Å². The maximum absolute atomic E-state index is 11.8. The number of halogens is 1. The van der Waals surface area contributed by atoms with Crippen molar-refractivity contribution in [2.75, 3.05) is 6.61 Å². The fourth-order valence-electron chi connectivity index (χ4n) is 1.79. The number of oxazole rings is 1. The van der Waals surface area contributed by atoms with Crippen LogP contribution in [0, 0.1) is 24.2 Å². The van der Waals surface area contributed by atoms with Gasteiger partial charge in [0.15, 0.2) is 12.1 Å². The first-order valence-electron chi connectivity index (χ1n) is 6.31. The molecule has 0 aliphatic rings. The fourth-order valence-corrected chi connectivity index (χ4v) is 2.06. The molecule has 0 saturated carbocycles. The Morgan fingerprint density at radius 2 is 2.19 bits per heavy atom. The normalized spacial score (nSPS) is 11.7. The number of hydrogen-bond acceptors (Lipinski definition) is 5. The van der Waals surface area contributed by atoms with Crippen molar-refractivity contribution in [2.45, 2.75) is 13.3 Å². The van der Waals surface area contributed by atoms with E-state index in [4.69, 9.17) is 14.4 Å². The Balaban J connectivity index is 1.91. The van der Waals surface area contributed by atoms with Gasteiger partial charge in [0.1, 0.15) is 12.4 Å². The molecule has 1 atom stereocenters. The van der Waals surface area contributed by atoms with Gasteiger partial charge in [-0.2, -0.15) is 5.26 Å². The molecule has 2 rings (SSSR count). The summed E-state index contributed by atoms with van der Waals surface area (Å²) >= 11 is 3.36. The van der Waals surface area contributed by atoms with Gasteiger partial charge in [0.2, 0.25) is 0 Å². The van der Waals surface area contributed by atoms with Crippen LogP contribution < -0.4 is 0 Å². The molecule has 0 spiro atoms.